The summed E-state index contributed by atoms with van der Waals surface area (Å²) in [5.41, 5.74) is 3.66. The Hall–Kier alpha value is -2.00. The van der Waals surface area contributed by atoms with Gasteiger partial charge in [-0.3, -0.25) is 4.99 Å². The van der Waals surface area contributed by atoms with E-state index >= 15 is 0 Å². The first-order valence-corrected chi connectivity index (χ1v) is 9.12. The SMILES string of the molecule is Cc1ccc(Cl)cc1N=Cc1cc(Cl)c(OCc2ccccc2)c(Cl)c1. The lowest BCUT2D eigenvalue weighted by Crippen LogP contribution is -1.97. The summed E-state index contributed by atoms with van der Waals surface area (Å²) < 4.78 is 5.78. The van der Waals surface area contributed by atoms with Crippen molar-refractivity contribution >= 4 is 46.7 Å². The lowest BCUT2D eigenvalue weighted by Gasteiger charge is -2.11. The van der Waals surface area contributed by atoms with Crippen molar-refractivity contribution in [2.45, 2.75) is 13.5 Å². The summed E-state index contributed by atoms with van der Waals surface area (Å²) in [6.07, 6.45) is 1.71. The van der Waals surface area contributed by atoms with Crippen LogP contribution in [0.25, 0.3) is 0 Å². The zero-order chi connectivity index (χ0) is 18.5. The van der Waals surface area contributed by atoms with Gasteiger partial charge in [0.05, 0.1) is 15.7 Å². The molecule has 0 N–H and O–H groups in total. The molecular formula is C21H16Cl3NO. The summed E-state index contributed by atoms with van der Waals surface area (Å²) in [6.45, 7) is 2.37. The second-order valence-corrected chi connectivity index (χ2v) is 7.03. The van der Waals surface area contributed by atoms with E-state index in [0.29, 0.717) is 27.4 Å². The minimum atomic E-state index is 0.398. The number of hydrogen-bond donors (Lipinski definition) is 0. The van der Waals surface area contributed by atoms with Crippen molar-refractivity contribution in [1.82, 2.24) is 0 Å². The molecule has 3 rings (SSSR count). The molecule has 132 valence electrons. The lowest BCUT2D eigenvalue weighted by atomic mass is 10.2. The van der Waals surface area contributed by atoms with Crippen LogP contribution >= 0.6 is 34.8 Å². The fourth-order valence-corrected chi connectivity index (χ4v) is 3.17. The first-order valence-electron chi connectivity index (χ1n) is 7.99. The minimum absolute atomic E-state index is 0.398. The van der Waals surface area contributed by atoms with E-state index in [-0.39, 0.29) is 0 Å². The molecule has 0 fully saturated rings. The number of aryl methyl sites for hydroxylation is 1. The predicted molar refractivity (Wildman–Crippen MR) is 111 cm³/mol. The molecule has 26 heavy (non-hydrogen) atoms. The summed E-state index contributed by atoms with van der Waals surface area (Å²) in [4.78, 5) is 4.47. The van der Waals surface area contributed by atoms with Crippen LogP contribution in [0.2, 0.25) is 15.1 Å². The molecule has 0 saturated heterocycles. The molecule has 3 aromatic rings. The summed E-state index contributed by atoms with van der Waals surface area (Å²) >= 11 is 18.7. The van der Waals surface area contributed by atoms with Crippen molar-refractivity contribution in [3.63, 3.8) is 0 Å². The van der Waals surface area contributed by atoms with Crippen LogP contribution in [0, 0.1) is 6.92 Å². The van der Waals surface area contributed by atoms with E-state index in [2.05, 4.69) is 4.99 Å². The summed E-state index contributed by atoms with van der Waals surface area (Å²) in [5.74, 6) is 0.466. The van der Waals surface area contributed by atoms with E-state index in [0.717, 1.165) is 22.4 Å². The lowest BCUT2D eigenvalue weighted by molar-refractivity contribution is 0.306. The van der Waals surface area contributed by atoms with Gasteiger partial charge in [-0.2, -0.15) is 0 Å². The average Bonchev–Trinajstić information content (AvgIpc) is 2.62. The molecule has 3 aromatic carbocycles. The van der Waals surface area contributed by atoms with E-state index in [1.54, 1.807) is 18.3 Å². The molecular weight excluding hydrogens is 389 g/mol. The highest BCUT2D eigenvalue weighted by molar-refractivity contribution is 6.37. The number of aliphatic imine (C=N–C) groups is 1. The van der Waals surface area contributed by atoms with E-state index in [4.69, 9.17) is 39.5 Å². The van der Waals surface area contributed by atoms with Gasteiger partial charge in [0, 0.05) is 11.2 Å². The molecule has 0 aliphatic rings. The third-order valence-corrected chi connectivity index (χ3v) is 4.57. The van der Waals surface area contributed by atoms with Crippen LogP contribution in [-0.2, 0) is 6.61 Å². The van der Waals surface area contributed by atoms with E-state index in [9.17, 15) is 0 Å². The molecule has 0 spiro atoms. The van der Waals surface area contributed by atoms with Crippen molar-refractivity contribution in [2.24, 2.45) is 4.99 Å². The number of ether oxygens (including phenoxy) is 1. The third-order valence-electron chi connectivity index (χ3n) is 3.77. The van der Waals surface area contributed by atoms with Gasteiger partial charge in [0.1, 0.15) is 6.61 Å². The predicted octanol–water partition coefficient (Wildman–Crippen LogP) is 7.28. The summed E-state index contributed by atoms with van der Waals surface area (Å²) in [7, 11) is 0. The van der Waals surface area contributed by atoms with Gasteiger partial charge < -0.3 is 4.74 Å². The van der Waals surface area contributed by atoms with Gasteiger partial charge in [-0.25, -0.2) is 0 Å². The molecule has 0 saturated carbocycles. The van der Waals surface area contributed by atoms with Crippen LogP contribution in [0.3, 0.4) is 0 Å². The second kappa shape index (κ2) is 8.59. The molecule has 0 aliphatic carbocycles. The quantitative estimate of drug-likeness (QED) is 0.409. The molecule has 0 bridgehead atoms. The summed E-state index contributed by atoms with van der Waals surface area (Å²) in [5, 5.41) is 1.53. The molecule has 0 amide bonds. The van der Waals surface area contributed by atoms with Crippen LogP contribution in [0.5, 0.6) is 5.75 Å². The van der Waals surface area contributed by atoms with Crippen molar-refractivity contribution in [3.8, 4) is 5.75 Å². The number of halogens is 3. The molecule has 5 heteroatoms. The Bertz CT molecular complexity index is 916. The van der Waals surface area contributed by atoms with Gasteiger partial charge in [0.25, 0.3) is 0 Å². The molecule has 2 nitrogen and oxygen atoms in total. The first kappa shape index (κ1) is 18.8. The van der Waals surface area contributed by atoms with E-state index in [1.807, 2.05) is 55.5 Å². The maximum atomic E-state index is 6.35. The Balaban J connectivity index is 1.78. The van der Waals surface area contributed by atoms with Gasteiger partial charge in [-0.15, -0.1) is 0 Å². The molecule has 0 heterocycles. The Kier molecular flexibility index (Phi) is 6.20. The van der Waals surface area contributed by atoms with Crippen LogP contribution in [-0.4, -0.2) is 6.21 Å². The van der Waals surface area contributed by atoms with Gasteiger partial charge in [-0.05, 0) is 47.9 Å². The smallest absolute Gasteiger partial charge is 0.157 e. The normalized spacial score (nSPS) is 11.1. The largest absolute Gasteiger partial charge is 0.486 e. The average molecular weight is 405 g/mol. The van der Waals surface area contributed by atoms with Crippen LogP contribution in [0.1, 0.15) is 16.7 Å². The number of benzene rings is 3. The zero-order valence-corrected chi connectivity index (χ0v) is 16.3. The number of rotatable bonds is 5. The first-order chi connectivity index (χ1) is 12.5. The Morgan fingerprint density at radius 3 is 2.31 bits per heavy atom. The minimum Gasteiger partial charge on any atom is -0.486 e. The number of nitrogens with zero attached hydrogens (tertiary/aromatic N) is 1. The van der Waals surface area contributed by atoms with Gasteiger partial charge in [-0.1, -0.05) is 71.2 Å². The fraction of sp³-hybridized carbons (Fsp3) is 0.0952. The standard InChI is InChI=1S/C21H16Cl3NO/c1-14-7-8-17(22)11-20(14)25-12-16-9-18(23)21(19(24)10-16)26-13-15-5-3-2-4-6-15/h2-12H,13H2,1H3. The zero-order valence-electron chi connectivity index (χ0n) is 14.0. The van der Waals surface area contributed by atoms with Gasteiger partial charge in [0.2, 0.25) is 0 Å². The molecule has 0 atom stereocenters. The summed E-state index contributed by atoms with van der Waals surface area (Å²) in [6, 6.07) is 19.0. The van der Waals surface area contributed by atoms with Crippen molar-refractivity contribution < 1.29 is 4.74 Å². The van der Waals surface area contributed by atoms with Gasteiger partial charge >= 0.3 is 0 Å². The van der Waals surface area contributed by atoms with Crippen molar-refractivity contribution in [3.05, 3.63) is 92.4 Å². The van der Waals surface area contributed by atoms with Crippen LogP contribution < -0.4 is 4.74 Å². The van der Waals surface area contributed by atoms with E-state index in [1.165, 1.54) is 0 Å². The monoisotopic (exact) mass is 403 g/mol. The van der Waals surface area contributed by atoms with Crippen LogP contribution in [0.15, 0.2) is 65.7 Å². The second-order valence-electron chi connectivity index (χ2n) is 5.78. The highest BCUT2D eigenvalue weighted by Gasteiger charge is 2.10. The van der Waals surface area contributed by atoms with Crippen LogP contribution in [0.4, 0.5) is 5.69 Å². The van der Waals surface area contributed by atoms with Gasteiger partial charge in [0.15, 0.2) is 5.75 Å². The highest BCUT2D eigenvalue weighted by Crippen LogP contribution is 2.34. The van der Waals surface area contributed by atoms with Crippen molar-refractivity contribution in [2.75, 3.05) is 0 Å². The highest BCUT2D eigenvalue weighted by atomic mass is 35.5. The molecule has 0 radical (unpaired) electrons. The van der Waals surface area contributed by atoms with Crippen molar-refractivity contribution in [1.29, 1.82) is 0 Å². The number of hydrogen-bond acceptors (Lipinski definition) is 2. The maximum Gasteiger partial charge on any atom is 0.157 e. The Morgan fingerprint density at radius 1 is 0.923 bits per heavy atom. The van der Waals surface area contributed by atoms with E-state index < -0.39 is 0 Å². The third kappa shape index (κ3) is 4.79. The topological polar surface area (TPSA) is 21.6 Å². The maximum absolute atomic E-state index is 6.35. The fourth-order valence-electron chi connectivity index (χ4n) is 2.39. The Morgan fingerprint density at radius 2 is 1.62 bits per heavy atom. The molecule has 0 unspecified atom stereocenters. The molecule has 0 aromatic heterocycles. The Labute approximate surface area is 168 Å². The molecule has 0 aliphatic heterocycles.